The Balaban J connectivity index is 2.22. The SMILES string of the molecule is CCc1nc(Cl)cc(N2CCOCC2)n1. The largest absolute Gasteiger partial charge is 0.378 e. The van der Waals surface area contributed by atoms with Crippen molar-refractivity contribution < 1.29 is 4.74 Å². The Labute approximate surface area is 94.2 Å². The molecule has 15 heavy (non-hydrogen) atoms. The lowest BCUT2D eigenvalue weighted by Crippen LogP contribution is -2.36. The zero-order chi connectivity index (χ0) is 10.7. The summed E-state index contributed by atoms with van der Waals surface area (Å²) in [5, 5.41) is 0.517. The molecule has 0 amide bonds. The number of rotatable bonds is 2. The lowest BCUT2D eigenvalue weighted by molar-refractivity contribution is 0.122. The van der Waals surface area contributed by atoms with Gasteiger partial charge < -0.3 is 9.64 Å². The van der Waals surface area contributed by atoms with Crippen molar-refractivity contribution in [2.75, 3.05) is 31.2 Å². The quantitative estimate of drug-likeness (QED) is 0.719. The van der Waals surface area contributed by atoms with E-state index in [9.17, 15) is 0 Å². The van der Waals surface area contributed by atoms with Crippen LogP contribution in [-0.4, -0.2) is 36.3 Å². The molecule has 82 valence electrons. The fraction of sp³-hybridized carbons (Fsp3) is 0.600. The van der Waals surface area contributed by atoms with Crippen LogP contribution < -0.4 is 4.90 Å². The summed E-state index contributed by atoms with van der Waals surface area (Å²) in [6.07, 6.45) is 0.803. The number of aromatic nitrogens is 2. The first-order valence-electron chi connectivity index (χ1n) is 5.15. The molecule has 1 aromatic heterocycles. The first kappa shape index (κ1) is 10.6. The average molecular weight is 228 g/mol. The number of aryl methyl sites for hydroxylation is 1. The number of halogens is 1. The highest BCUT2D eigenvalue weighted by Crippen LogP contribution is 2.17. The molecule has 1 aromatic rings. The van der Waals surface area contributed by atoms with Crippen molar-refractivity contribution in [2.24, 2.45) is 0 Å². The number of ether oxygens (including phenoxy) is 1. The number of nitrogens with zero attached hydrogens (tertiary/aromatic N) is 3. The molecule has 2 rings (SSSR count). The molecule has 1 aliphatic heterocycles. The third-order valence-electron chi connectivity index (χ3n) is 2.38. The number of hydrogen-bond donors (Lipinski definition) is 0. The van der Waals surface area contributed by atoms with Gasteiger partial charge in [-0.25, -0.2) is 9.97 Å². The summed E-state index contributed by atoms with van der Waals surface area (Å²) in [7, 11) is 0. The van der Waals surface area contributed by atoms with Crippen LogP contribution in [0.2, 0.25) is 5.15 Å². The minimum Gasteiger partial charge on any atom is -0.378 e. The second-order valence-corrected chi connectivity index (χ2v) is 3.81. The first-order valence-corrected chi connectivity index (χ1v) is 5.53. The van der Waals surface area contributed by atoms with E-state index in [1.54, 1.807) is 0 Å². The van der Waals surface area contributed by atoms with Gasteiger partial charge in [0.05, 0.1) is 13.2 Å². The van der Waals surface area contributed by atoms with E-state index in [1.165, 1.54) is 0 Å². The summed E-state index contributed by atoms with van der Waals surface area (Å²) in [5.41, 5.74) is 0. The van der Waals surface area contributed by atoms with Gasteiger partial charge in [0.1, 0.15) is 16.8 Å². The smallest absolute Gasteiger partial charge is 0.134 e. The van der Waals surface area contributed by atoms with Gasteiger partial charge in [-0.15, -0.1) is 0 Å². The van der Waals surface area contributed by atoms with Crippen LogP contribution in [0.4, 0.5) is 5.82 Å². The lowest BCUT2D eigenvalue weighted by Gasteiger charge is -2.27. The van der Waals surface area contributed by atoms with Gasteiger partial charge in [0.25, 0.3) is 0 Å². The molecular formula is C10H14ClN3O. The van der Waals surface area contributed by atoms with Gasteiger partial charge in [-0.1, -0.05) is 18.5 Å². The maximum atomic E-state index is 5.94. The minimum absolute atomic E-state index is 0.517. The van der Waals surface area contributed by atoms with E-state index in [-0.39, 0.29) is 0 Å². The molecule has 0 saturated carbocycles. The van der Waals surface area contributed by atoms with Crippen molar-refractivity contribution >= 4 is 17.4 Å². The Hall–Kier alpha value is -0.870. The van der Waals surface area contributed by atoms with Crippen LogP contribution in [-0.2, 0) is 11.2 Å². The summed E-state index contributed by atoms with van der Waals surface area (Å²) in [4.78, 5) is 10.8. The van der Waals surface area contributed by atoms with Gasteiger partial charge >= 0.3 is 0 Å². The molecule has 1 saturated heterocycles. The number of hydrogen-bond acceptors (Lipinski definition) is 4. The van der Waals surface area contributed by atoms with Crippen LogP contribution in [0.1, 0.15) is 12.7 Å². The Morgan fingerprint density at radius 2 is 2.13 bits per heavy atom. The Morgan fingerprint density at radius 1 is 1.40 bits per heavy atom. The van der Waals surface area contributed by atoms with E-state index >= 15 is 0 Å². The van der Waals surface area contributed by atoms with Gasteiger partial charge in [-0.3, -0.25) is 0 Å². The molecule has 0 N–H and O–H groups in total. The van der Waals surface area contributed by atoms with Gasteiger partial charge in [0.15, 0.2) is 0 Å². The lowest BCUT2D eigenvalue weighted by atomic mass is 10.4. The fourth-order valence-electron chi connectivity index (χ4n) is 1.56. The second-order valence-electron chi connectivity index (χ2n) is 3.42. The van der Waals surface area contributed by atoms with Gasteiger partial charge in [0, 0.05) is 25.6 Å². The van der Waals surface area contributed by atoms with Crippen LogP contribution in [0.3, 0.4) is 0 Å². The van der Waals surface area contributed by atoms with Crippen LogP contribution in [0.25, 0.3) is 0 Å². The predicted octanol–water partition coefficient (Wildman–Crippen LogP) is 1.53. The highest BCUT2D eigenvalue weighted by Gasteiger charge is 2.13. The monoisotopic (exact) mass is 227 g/mol. The van der Waals surface area contributed by atoms with Crippen molar-refractivity contribution in [3.05, 3.63) is 17.0 Å². The molecule has 0 unspecified atom stereocenters. The second kappa shape index (κ2) is 4.77. The summed E-state index contributed by atoms with van der Waals surface area (Å²) < 4.78 is 5.29. The van der Waals surface area contributed by atoms with Crippen molar-refractivity contribution in [1.29, 1.82) is 0 Å². The van der Waals surface area contributed by atoms with Crippen LogP contribution >= 0.6 is 11.6 Å². The van der Waals surface area contributed by atoms with Gasteiger partial charge in [-0.2, -0.15) is 0 Å². The Morgan fingerprint density at radius 3 is 2.80 bits per heavy atom. The van der Waals surface area contributed by atoms with Crippen molar-refractivity contribution in [2.45, 2.75) is 13.3 Å². The van der Waals surface area contributed by atoms with Gasteiger partial charge in [-0.05, 0) is 0 Å². The normalized spacial score (nSPS) is 16.8. The molecule has 0 aromatic carbocycles. The topological polar surface area (TPSA) is 38.2 Å². The minimum atomic E-state index is 0.517. The molecule has 4 nitrogen and oxygen atoms in total. The summed E-state index contributed by atoms with van der Waals surface area (Å²) >= 11 is 5.94. The highest BCUT2D eigenvalue weighted by atomic mass is 35.5. The highest BCUT2D eigenvalue weighted by molar-refractivity contribution is 6.29. The zero-order valence-corrected chi connectivity index (χ0v) is 9.50. The maximum absolute atomic E-state index is 5.94. The summed E-state index contributed by atoms with van der Waals surface area (Å²) in [6, 6.07) is 1.81. The molecule has 1 aliphatic rings. The van der Waals surface area contributed by atoms with E-state index in [2.05, 4.69) is 14.9 Å². The van der Waals surface area contributed by atoms with E-state index < -0.39 is 0 Å². The Kier molecular flexibility index (Phi) is 3.38. The van der Waals surface area contributed by atoms with Crippen molar-refractivity contribution in [3.63, 3.8) is 0 Å². The maximum Gasteiger partial charge on any atom is 0.134 e. The Bertz CT molecular complexity index is 339. The molecule has 0 radical (unpaired) electrons. The zero-order valence-electron chi connectivity index (χ0n) is 8.74. The van der Waals surface area contributed by atoms with E-state index in [0.717, 1.165) is 44.4 Å². The van der Waals surface area contributed by atoms with Crippen LogP contribution in [0.5, 0.6) is 0 Å². The molecular weight excluding hydrogens is 214 g/mol. The molecule has 5 heteroatoms. The van der Waals surface area contributed by atoms with E-state index in [0.29, 0.717) is 5.15 Å². The summed E-state index contributed by atoms with van der Waals surface area (Å²) in [6.45, 7) is 5.27. The molecule has 0 aliphatic carbocycles. The van der Waals surface area contributed by atoms with Crippen molar-refractivity contribution in [3.8, 4) is 0 Å². The summed E-state index contributed by atoms with van der Waals surface area (Å²) in [5.74, 6) is 1.71. The number of morpholine rings is 1. The molecule has 0 spiro atoms. The van der Waals surface area contributed by atoms with Crippen LogP contribution in [0.15, 0.2) is 6.07 Å². The van der Waals surface area contributed by atoms with E-state index in [1.807, 2.05) is 13.0 Å². The number of anilines is 1. The third-order valence-corrected chi connectivity index (χ3v) is 2.57. The van der Waals surface area contributed by atoms with Gasteiger partial charge in [0.2, 0.25) is 0 Å². The molecule has 0 atom stereocenters. The molecule has 0 bridgehead atoms. The molecule has 1 fully saturated rings. The van der Waals surface area contributed by atoms with Crippen molar-refractivity contribution in [1.82, 2.24) is 9.97 Å². The molecule has 2 heterocycles. The average Bonchev–Trinajstić information content (AvgIpc) is 2.29. The fourth-order valence-corrected chi connectivity index (χ4v) is 1.76. The van der Waals surface area contributed by atoms with E-state index in [4.69, 9.17) is 16.3 Å². The van der Waals surface area contributed by atoms with Crippen LogP contribution in [0, 0.1) is 0 Å². The third kappa shape index (κ3) is 2.58. The standard InChI is InChI=1S/C10H14ClN3O/c1-2-9-12-8(11)7-10(13-9)14-3-5-15-6-4-14/h7H,2-6H2,1H3. The predicted molar refractivity (Wildman–Crippen MR) is 59.5 cm³/mol. The first-order chi connectivity index (χ1) is 7.29.